The first kappa shape index (κ1) is 14.6. The van der Waals surface area contributed by atoms with Gasteiger partial charge in [-0.1, -0.05) is 13.8 Å². The molecule has 0 bridgehead atoms. The molecule has 0 spiro atoms. The Balaban J connectivity index is 2.20. The van der Waals surface area contributed by atoms with E-state index < -0.39 is 0 Å². The molecule has 4 heteroatoms. The van der Waals surface area contributed by atoms with Crippen molar-refractivity contribution >= 4 is 28.5 Å². The van der Waals surface area contributed by atoms with Crippen LogP contribution in [0, 0.1) is 8.99 Å². The number of carbonyl (C=O) groups is 1. The number of hydrogen-bond acceptors (Lipinski definition) is 2. The van der Waals surface area contributed by atoms with Crippen LogP contribution in [0.2, 0.25) is 0 Å². The fourth-order valence-electron chi connectivity index (χ4n) is 2.79. The van der Waals surface area contributed by atoms with Gasteiger partial charge >= 0.3 is 0 Å². The van der Waals surface area contributed by atoms with E-state index in [2.05, 4.69) is 36.4 Å². The maximum absolute atomic E-state index is 12.5. The maximum atomic E-state index is 12.5. The summed E-state index contributed by atoms with van der Waals surface area (Å²) in [5.41, 5.74) is 0.697. The van der Waals surface area contributed by atoms with Crippen molar-refractivity contribution in [1.29, 1.82) is 0 Å². The first-order valence-electron chi connectivity index (χ1n) is 6.79. The predicted octanol–water partition coefficient (Wildman–Crippen LogP) is 3.65. The molecule has 2 rings (SSSR count). The lowest BCUT2D eigenvalue weighted by molar-refractivity contribution is 0.0767. The van der Waals surface area contributed by atoms with Crippen LogP contribution in [0.15, 0.2) is 18.2 Å². The zero-order chi connectivity index (χ0) is 14.0. The van der Waals surface area contributed by atoms with Crippen LogP contribution >= 0.6 is 22.6 Å². The number of benzene rings is 1. The van der Waals surface area contributed by atoms with E-state index in [0.717, 1.165) is 35.9 Å². The molecule has 1 N–H and O–H groups in total. The number of phenols is 1. The average molecular weight is 373 g/mol. The zero-order valence-electron chi connectivity index (χ0n) is 11.4. The molecule has 1 aromatic rings. The Labute approximate surface area is 128 Å². The number of hydrogen-bond donors (Lipinski definition) is 1. The summed E-state index contributed by atoms with van der Waals surface area (Å²) < 4.78 is 0.968. The number of carbonyl (C=O) groups excluding carboxylic acids is 1. The van der Waals surface area contributed by atoms with E-state index in [1.54, 1.807) is 18.2 Å². The van der Waals surface area contributed by atoms with Crippen molar-refractivity contribution in [1.82, 2.24) is 4.90 Å². The van der Waals surface area contributed by atoms with Crippen molar-refractivity contribution in [3.05, 3.63) is 27.3 Å². The summed E-state index contributed by atoms with van der Waals surface area (Å²) in [7, 11) is 0. The number of aromatic hydroxyl groups is 1. The largest absolute Gasteiger partial charge is 0.507 e. The second-order valence-electron chi connectivity index (χ2n) is 5.35. The minimum Gasteiger partial charge on any atom is -0.507 e. The Morgan fingerprint density at radius 2 is 2.11 bits per heavy atom. The number of likely N-dealkylation sites (tertiary alicyclic amines) is 1. The van der Waals surface area contributed by atoms with Gasteiger partial charge < -0.3 is 10.0 Å². The summed E-state index contributed by atoms with van der Waals surface area (Å²) in [5, 5.41) is 9.86. The highest BCUT2D eigenvalue weighted by Crippen LogP contribution is 2.38. The molecule has 19 heavy (non-hydrogen) atoms. The molecule has 0 radical (unpaired) electrons. The Hall–Kier alpha value is -0.780. The van der Waals surface area contributed by atoms with E-state index in [1.807, 2.05) is 4.90 Å². The molecule has 0 saturated carbocycles. The maximum Gasteiger partial charge on any atom is 0.257 e. The molecule has 1 saturated heterocycles. The van der Waals surface area contributed by atoms with Gasteiger partial charge in [0, 0.05) is 16.7 Å². The minimum atomic E-state index is -0.0419. The van der Waals surface area contributed by atoms with Crippen molar-refractivity contribution in [3.63, 3.8) is 0 Å². The van der Waals surface area contributed by atoms with Gasteiger partial charge in [0.2, 0.25) is 0 Å². The number of halogens is 1. The third-order valence-corrected chi connectivity index (χ3v) is 5.09. The molecule has 1 amide bonds. The highest BCUT2D eigenvalue weighted by atomic mass is 127. The van der Waals surface area contributed by atoms with E-state index in [0.29, 0.717) is 5.56 Å². The first-order chi connectivity index (χ1) is 9.01. The van der Waals surface area contributed by atoms with Crippen molar-refractivity contribution in [3.8, 4) is 5.75 Å². The van der Waals surface area contributed by atoms with Crippen molar-refractivity contribution in [2.45, 2.75) is 33.1 Å². The molecule has 1 aromatic carbocycles. The van der Waals surface area contributed by atoms with Crippen molar-refractivity contribution in [2.75, 3.05) is 13.1 Å². The Kier molecular flexibility index (Phi) is 4.38. The van der Waals surface area contributed by atoms with Crippen molar-refractivity contribution < 1.29 is 9.90 Å². The van der Waals surface area contributed by atoms with Crippen LogP contribution in [-0.4, -0.2) is 29.0 Å². The fourth-order valence-corrected chi connectivity index (χ4v) is 3.28. The monoisotopic (exact) mass is 373 g/mol. The Morgan fingerprint density at radius 1 is 1.42 bits per heavy atom. The SMILES string of the molecule is CCC1(CC)CCN(C(=O)c2cc(I)ccc2O)C1. The van der Waals surface area contributed by atoms with Gasteiger partial charge in [0.25, 0.3) is 5.91 Å². The summed E-state index contributed by atoms with van der Waals surface area (Å²) in [4.78, 5) is 14.4. The highest BCUT2D eigenvalue weighted by Gasteiger charge is 2.37. The van der Waals surface area contributed by atoms with Crippen LogP contribution in [0.1, 0.15) is 43.5 Å². The molecule has 0 atom stereocenters. The second kappa shape index (κ2) is 5.69. The van der Waals surface area contributed by atoms with Crippen LogP contribution in [0.3, 0.4) is 0 Å². The predicted molar refractivity (Wildman–Crippen MR) is 84.4 cm³/mol. The van der Waals surface area contributed by atoms with E-state index >= 15 is 0 Å². The standard InChI is InChI=1S/C15H20INO2/c1-3-15(4-2)7-8-17(10-15)14(19)12-9-11(16)5-6-13(12)18/h5-6,9,18H,3-4,7-8,10H2,1-2H3. The lowest BCUT2D eigenvalue weighted by atomic mass is 9.82. The summed E-state index contributed by atoms with van der Waals surface area (Å²) >= 11 is 2.16. The van der Waals surface area contributed by atoms with Gasteiger partial charge in [0.1, 0.15) is 5.75 Å². The van der Waals surface area contributed by atoms with Crippen LogP contribution in [0.25, 0.3) is 0 Å². The van der Waals surface area contributed by atoms with Gasteiger partial charge in [0.05, 0.1) is 5.56 Å². The number of rotatable bonds is 3. The molecule has 1 fully saturated rings. The second-order valence-corrected chi connectivity index (χ2v) is 6.59. The minimum absolute atomic E-state index is 0.0419. The Morgan fingerprint density at radius 3 is 2.68 bits per heavy atom. The fraction of sp³-hybridized carbons (Fsp3) is 0.533. The molecule has 0 aromatic heterocycles. The molecule has 0 aliphatic carbocycles. The van der Waals surface area contributed by atoms with Crippen molar-refractivity contribution in [2.24, 2.45) is 5.41 Å². The van der Waals surface area contributed by atoms with E-state index in [4.69, 9.17) is 0 Å². The van der Waals surface area contributed by atoms with Crippen LogP contribution in [-0.2, 0) is 0 Å². The van der Waals surface area contributed by atoms with Crippen LogP contribution in [0.5, 0.6) is 5.75 Å². The number of phenolic OH excluding ortho intramolecular Hbond substituents is 1. The first-order valence-corrected chi connectivity index (χ1v) is 7.87. The molecular formula is C15H20INO2. The molecule has 0 unspecified atom stereocenters. The number of nitrogens with zero attached hydrogens (tertiary/aromatic N) is 1. The molecule has 1 heterocycles. The lowest BCUT2D eigenvalue weighted by Crippen LogP contribution is -2.31. The Bertz CT molecular complexity index is 483. The lowest BCUT2D eigenvalue weighted by Gasteiger charge is -2.26. The third kappa shape index (κ3) is 2.88. The van der Waals surface area contributed by atoms with E-state index in [1.165, 1.54) is 0 Å². The van der Waals surface area contributed by atoms with Crippen LogP contribution < -0.4 is 0 Å². The van der Waals surface area contributed by atoms with Gasteiger partial charge in [-0.3, -0.25) is 4.79 Å². The van der Waals surface area contributed by atoms with Gasteiger partial charge in [-0.15, -0.1) is 0 Å². The van der Waals surface area contributed by atoms with E-state index in [9.17, 15) is 9.90 Å². The zero-order valence-corrected chi connectivity index (χ0v) is 13.6. The summed E-state index contributed by atoms with van der Waals surface area (Å²) in [6.07, 6.45) is 3.27. The quantitative estimate of drug-likeness (QED) is 0.822. The summed E-state index contributed by atoms with van der Waals surface area (Å²) in [6, 6.07) is 5.16. The van der Waals surface area contributed by atoms with Gasteiger partial charge in [-0.05, 0) is 65.5 Å². The van der Waals surface area contributed by atoms with Gasteiger partial charge in [-0.25, -0.2) is 0 Å². The van der Waals surface area contributed by atoms with Gasteiger partial charge in [-0.2, -0.15) is 0 Å². The van der Waals surface area contributed by atoms with Crippen LogP contribution in [0.4, 0.5) is 0 Å². The normalized spacial score (nSPS) is 17.7. The highest BCUT2D eigenvalue weighted by molar-refractivity contribution is 14.1. The topological polar surface area (TPSA) is 40.5 Å². The number of amides is 1. The smallest absolute Gasteiger partial charge is 0.257 e. The molecule has 104 valence electrons. The summed E-state index contributed by atoms with van der Waals surface area (Å²) in [5.74, 6) is 0.0377. The third-order valence-electron chi connectivity index (χ3n) is 4.41. The van der Waals surface area contributed by atoms with E-state index in [-0.39, 0.29) is 17.1 Å². The average Bonchev–Trinajstić information content (AvgIpc) is 2.86. The summed E-state index contributed by atoms with van der Waals surface area (Å²) in [6.45, 7) is 6.00. The molecular weight excluding hydrogens is 353 g/mol. The molecule has 3 nitrogen and oxygen atoms in total. The van der Waals surface area contributed by atoms with Gasteiger partial charge in [0.15, 0.2) is 0 Å². The molecule has 1 aliphatic heterocycles. The molecule has 1 aliphatic rings.